The summed E-state index contributed by atoms with van der Waals surface area (Å²) in [6.45, 7) is 10.5. The number of hydrogen-bond acceptors (Lipinski definition) is 0. The molecule has 1 aromatic carbocycles. The summed E-state index contributed by atoms with van der Waals surface area (Å²) in [5.41, 5.74) is 2.55. The molecule has 0 nitrogen and oxygen atoms in total. The van der Waals surface area contributed by atoms with E-state index in [1.165, 1.54) is 11.1 Å². The molecule has 1 rings (SSSR count). The zero-order valence-corrected chi connectivity index (χ0v) is 10.7. The Hall–Kier alpha value is -0.490. The summed E-state index contributed by atoms with van der Waals surface area (Å²) >= 11 is 6.10. The molecule has 0 spiro atoms. The summed E-state index contributed by atoms with van der Waals surface area (Å²) in [5.74, 6) is 0.517. The molecule has 0 radical (unpaired) electrons. The van der Waals surface area contributed by atoms with Crippen molar-refractivity contribution in [3.8, 4) is 0 Å². The zero-order chi connectivity index (χ0) is 11.1. The van der Waals surface area contributed by atoms with Gasteiger partial charge in [-0.15, -0.1) is 0 Å². The molecule has 0 saturated carbocycles. The molecule has 1 aromatic rings. The Morgan fingerprint density at radius 3 is 2.14 bits per heavy atom. The predicted molar refractivity (Wildman–Crippen MR) is 66.3 cm³/mol. The lowest BCUT2D eigenvalue weighted by molar-refractivity contribution is 0.865. The molecule has 0 aliphatic heterocycles. The van der Waals surface area contributed by atoms with Crippen molar-refractivity contribution in [2.24, 2.45) is 0 Å². The normalized spacial score (nSPS) is 9.64. The SMILES string of the molecule is CC.CCc1ccc(C(C)C)c(Cl)c1. The standard InChI is InChI=1S/C11H15Cl.C2H6/c1-4-9-5-6-10(8(2)3)11(12)7-9;1-2/h5-8H,4H2,1-3H3;1-2H3. The van der Waals surface area contributed by atoms with Crippen LogP contribution in [0.25, 0.3) is 0 Å². The van der Waals surface area contributed by atoms with E-state index in [1.54, 1.807) is 0 Å². The first-order valence-electron chi connectivity index (χ1n) is 5.43. The molecule has 0 aliphatic carbocycles. The van der Waals surface area contributed by atoms with Gasteiger partial charge in [-0.3, -0.25) is 0 Å². The van der Waals surface area contributed by atoms with Crippen molar-refractivity contribution in [1.29, 1.82) is 0 Å². The third-order valence-electron chi connectivity index (χ3n) is 2.10. The minimum atomic E-state index is 0.517. The van der Waals surface area contributed by atoms with Gasteiger partial charge >= 0.3 is 0 Å². The highest BCUT2D eigenvalue weighted by atomic mass is 35.5. The monoisotopic (exact) mass is 212 g/mol. The third kappa shape index (κ3) is 3.71. The van der Waals surface area contributed by atoms with Gasteiger partial charge in [-0.05, 0) is 29.5 Å². The summed E-state index contributed by atoms with van der Waals surface area (Å²) in [4.78, 5) is 0. The van der Waals surface area contributed by atoms with Gasteiger partial charge in [0.2, 0.25) is 0 Å². The summed E-state index contributed by atoms with van der Waals surface area (Å²) in [6.07, 6.45) is 1.05. The largest absolute Gasteiger partial charge is 0.0840 e. The summed E-state index contributed by atoms with van der Waals surface area (Å²) in [6, 6.07) is 6.35. The van der Waals surface area contributed by atoms with Crippen molar-refractivity contribution in [1.82, 2.24) is 0 Å². The number of hydrogen-bond donors (Lipinski definition) is 0. The van der Waals surface area contributed by atoms with Crippen LogP contribution in [0.4, 0.5) is 0 Å². The molecule has 0 N–H and O–H groups in total. The maximum Gasteiger partial charge on any atom is 0.0443 e. The van der Waals surface area contributed by atoms with Gasteiger partial charge in [0.25, 0.3) is 0 Å². The average Bonchev–Trinajstić information content (AvgIpc) is 2.20. The van der Waals surface area contributed by atoms with Crippen molar-refractivity contribution >= 4 is 11.6 Å². The van der Waals surface area contributed by atoms with Crippen LogP contribution < -0.4 is 0 Å². The first-order valence-corrected chi connectivity index (χ1v) is 5.81. The van der Waals surface area contributed by atoms with Gasteiger partial charge in [-0.1, -0.05) is 58.4 Å². The first kappa shape index (κ1) is 13.5. The predicted octanol–water partition coefficient (Wildman–Crippen LogP) is 5.05. The Kier molecular flexibility index (Phi) is 6.65. The lowest BCUT2D eigenvalue weighted by atomic mass is 10.0. The fourth-order valence-corrected chi connectivity index (χ4v) is 1.68. The van der Waals surface area contributed by atoms with Crippen molar-refractivity contribution in [3.63, 3.8) is 0 Å². The third-order valence-corrected chi connectivity index (χ3v) is 2.42. The fraction of sp³-hybridized carbons (Fsp3) is 0.538. The van der Waals surface area contributed by atoms with Crippen molar-refractivity contribution in [2.45, 2.75) is 47.0 Å². The van der Waals surface area contributed by atoms with Gasteiger partial charge in [0.15, 0.2) is 0 Å². The van der Waals surface area contributed by atoms with Crippen LogP contribution in [0.3, 0.4) is 0 Å². The number of aryl methyl sites for hydroxylation is 1. The van der Waals surface area contributed by atoms with Gasteiger partial charge in [0.05, 0.1) is 0 Å². The maximum absolute atomic E-state index is 6.10. The average molecular weight is 213 g/mol. The van der Waals surface area contributed by atoms with E-state index >= 15 is 0 Å². The quantitative estimate of drug-likeness (QED) is 0.644. The fourth-order valence-electron chi connectivity index (χ4n) is 1.26. The molecule has 0 atom stereocenters. The van der Waals surface area contributed by atoms with E-state index in [0.29, 0.717) is 5.92 Å². The van der Waals surface area contributed by atoms with Crippen molar-refractivity contribution in [3.05, 3.63) is 34.3 Å². The minimum Gasteiger partial charge on any atom is -0.0840 e. The molecule has 80 valence electrons. The second kappa shape index (κ2) is 6.89. The molecule has 0 unspecified atom stereocenters. The Bertz CT molecular complexity index is 264. The lowest BCUT2D eigenvalue weighted by Gasteiger charge is -2.08. The van der Waals surface area contributed by atoms with Crippen LogP contribution in [-0.2, 0) is 6.42 Å². The van der Waals surface area contributed by atoms with Crippen LogP contribution in [0.5, 0.6) is 0 Å². The van der Waals surface area contributed by atoms with Crippen LogP contribution >= 0.6 is 11.6 Å². The highest BCUT2D eigenvalue weighted by Crippen LogP contribution is 2.25. The van der Waals surface area contributed by atoms with Crippen molar-refractivity contribution < 1.29 is 0 Å². The second-order valence-electron chi connectivity index (χ2n) is 3.36. The van der Waals surface area contributed by atoms with Crippen LogP contribution in [0.2, 0.25) is 5.02 Å². The van der Waals surface area contributed by atoms with E-state index in [4.69, 9.17) is 11.6 Å². The van der Waals surface area contributed by atoms with E-state index in [-0.39, 0.29) is 0 Å². The summed E-state index contributed by atoms with van der Waals surface area (Å²) in [7, 11) is 0. The second-order valence-corrected chi connectivity index (χ2v) is 3.77. The Labute approximate surface area is 93.3 Å². The van der Waals surface area contributed by atoms with Crippen LogP contribution in [0, 0.1) is 0 Å². The van der Waals surface area contributed by atoms with Gasteiger partial charge < -0.3 is 0 Å². The molecular formula is C13H21Cl. The minimum absolute atomic E-state index is 0.517. The number of rotatable bonds is 2. The zero-order valence-electron chi connectivity index (χ0n) is 9.89. The molecule has 0 fully saturated rings. The van der Waals surface area contributed by atoms with E-state index in [2.05, 4.69) is 39.0 Å². The van der Waals surface area contributed by atoms with Crippen LogP contribution in [0.1, 0.15) is 51.7 Å². The highest BCUT2D eigenvalue weighted by molar-refractivity contribution is 6.31. The number of benzene rings is 1. The van der Waals surface area contributed by atoms with Gasteiger partial charge in [-0.25, -0.2) is 0 Å². The van der Waals surface area contributed by atoms with E-state index in [9.17, 15) is 0 Å². The molecule has 0 aliphatic rings. The topological polar surface area (TPSA) is 0 Å². The maximum atomic E-state index is 6.10. The molecule has 1 heteroatoms. The molecule has 0 amide bonds. The first-order chi connectivity index (χ1) is 6.65. The van der Waals surface area contributed by atoms with Gasteiger partial charge in [0.1, 0.15) is 0 Å². The highest BCUT2D eigenvalue weighted by Gasteiger charge is 2.04. The van der Waals surface area contributed by atoms with E-state index < -0.39 is 0 Å². The Morgan fingerprint density at radius 1 is 1.21 bits per heavy atom. The van der Waals surface area contributed by atoms with Gasteiger partial charge in [-0.2, -0.15) is 0 Å². The lowest BCUT2D eigenvalue weighted by Crippen LogP contribution is -1.90. The molecular weight excluding hydrogens is 192 g/mol. The van der Waals surface area contributed by atoms with E-state index in [0.717, 1.165) is 11.4 Å². The number of halogens is 1. The summed E-state index contributed by atoms with van der Waals surface area (Å²) in [5, 5.41) is 0.907. The molecule has 0 bridgehead atoms. The molecule has 0 aromatic heterocycles. The Balaban J connectivity index is 0.000000791. The summed E-state index contributed by atoms with van der Waals surface area (Å²) < 4.78 is 0. The molecule has 0 saturated heterocycles. The smallest absolute Gasteiger partial charge is 0.0443 e. The molecule has 14 heavy (non-hydrogen) atoms. The van der Waals surface area contributed by atoms with Gasteiger partial charge in [0, 0.05) is 5.02 Å². The van der Waals surface area contributed by atoms with Crippen molar-refractivity contribution in [2.75, 3.05) is 0 Å². The Morgan fingerprint density at radius 2 is 1.79 bits per heavy atom. The van der Waals surface area contributed by atoms with Crippen LogP contribution in [-0.4, -0.2) is 0 Å². The van der Waals surface area contributed by atoms with Crippen LogP contribution in [0.15, 0.2) is 18.2 Å². The van der Waals surface area contributed by atoms with E-state index in [1.807, 2.05) is 13.8 Å². The molecule has 0 heterocycles.